The third-order valence-electron chi connectivity index (χ3n) is 4.45. The first-order chi connectivity index (χ1) is 12.6. The third-order valence-corrected chi connectivity index (χ3v) is 4.70. The fourth-order valence-corrected chi connectivity index (χ4v) is 3.34. The van der Waals surface area contributed by atoms with Crippen LogP contribution in [0.1, 0.15) is 23.1 Å². The normalized spacial score (nSPS) is 13.3. The summed E-state index contributed by atoms with van der Waals surface area (Å²) in [6.07, 6.45) is 5.59. The molecule has 1 aliphatic carbocycles. The van der Waals surface area contributed by atoms with E-state index in [2.05, 4.69) is 0 Å². The van der Waals surface area contributed by atoms with Crippen molar-refractivity contribution in [1.29, 1.82) is 0 Å². The Morgan fingerprint density at radius 3 is 2.65 bits per heavy atom. The minimum atomic E-state index is -0.511. The maximum atomic E-state index is 12.0. The first kappa shape index (κ1) is 16.6. The number of ether oxygens (including phenoxy) is 1. The van der Waals surface area contributed by atoms with E-state index in [1.165, 1.54) is 6.08 Å². The minimum absolute atomic E-state index is 0.295. The highest BCUT2D eigenvalue weighted by Gasteiger charge is 2.19. The van der Waals surface area contributed by atoms with Crippen molar-refractivity contribution in [2.75, 3.05) is 0 Å². The lowest BCUT2D eigenvalue weighted by Crippen LogP contribution is -2.07. The molecule has 4 nitrogen and oxygen atoms in total. The van der Waals surface area contributed by atoms with E-state index < -0.39 is 5.97 Å². The Bertz CT molecular complexity index is 1080. The van der Waals surface area contributed by atoms with Gasteiger partial charge in [-0.2, -0.15) is 0 Å². The zero-order valence-electron chi connectivity index (χ0n) is 13.8. The van der Waals surface area contributed by atoms with Gasteiger partial charge in [-0.1, -0.05) is 23.7 Å². The van der Waals surface area contributed by atoms with Gasteiger partial charge in [0, 0.05) is 28.1 Å². The van der Waals surface area contributed by atoms with E-state index in [0.29, 0.717) is 16.4 Å². The molecule has 0 spiro atoms. The number of esters is 1. The van der Waals surface area contributed by atoms with Gasteiger partial charge >= 0.3 is 11.6 Å². The van der Waals surface area contributed by atoms with Crippen molar-refractivity contribution in [2.45, 2.75) is 19.3 Å². The van der Waals surface area contributed by atoms with Crippen LogP contribution in [0.4, 0.5) is 0 Å². The number of hydrogen-bond acceptors (Lipinski definition) is 4. The summed E-state index contributed by atoms with van der Waals surface area (Å²) in [7, 11) is 0. The van der Waals surface area contributed by atoms with Crippen LogP contribution in [0.25, 0.3) is 17.0 Å². The molecule has 0 unspecified atom stereocenters. The van der Waals surface area contributed by atoms with Crippen molar-refractivity contribution in [2.24, 2.45) is 0 Å². The predicted octanol–water partition coefficient (Wildman–Crippen LogP) is 4.55. The predicted molar refractivity (Wildman–Crippen MR) is 101 cm³/mol. The van der Waals surface area contributed by atoms with Crippen molar-refractivity contribution >= 4 is 34.6 Å². The van der Waals surface area contributed by atoms with Crippen molar-refractivity contribution in [3.8, 4) is 5.75 Å². The first-order valence-corrected chi connectivity index (χ1v) is 8.72. The minimum Gasteiger partial charge on any atom is -0.423 e. The van der Waals surface area contributed by atoms with E-state index in [0.717, 1.165) is 41.3 Å². The number of benzene rings is 2. The highest BCUT2D eigenvalue weighted by Crippen LogP contribution is 2.29. The monoisotopic (exact) mass is 366 g/mol. The quantitative estimate of drug-likeness (QED) is 0.295. The molecule has 3 aromatic rings. The lowest BCUT2D eigenvalue weighted by molar-refractivity contribution is -0.128. The summed E-state index contributed by atoms with van der Waals surface area (Å²) in [5.74, 6) is -0.174. The molecule has 1 aromatic heterocycles. The Hall–Kier alpha value is -2.85. The Morgan fingerprint density at radius 1 is 1.08 bits per heavy atom. The number of carbonyl (C=O) groups is 1. The topological polar surface area (TPSA) is 56.5 Å². The van der Waals surface area contributed by atoms with Gasteiger partial charge in [0.25, 0.3) is 0 Å². The van der Waals surface area contributed by atoms with Gasteiger partial charge in [-0.25, -0.2) is 9.59 Å². The maximum absolute atomic E-state index is 12.0. The summed E-state index contributed by atoms with van der Waals surface area (Å²) in [6.45, 7) is 0. The van der Waals surface area contributed by atoms with Crippen LogP contribution in [0.3, 0.4) is 0 Å². The van der Waals surface area contributed by atoms with Gasteiger partial charge in [0.15, 0.2) is 0 Å². The number of hydrogen-bond donors (Lipinski definition) is 0. The van der Waals surface area contributed by atoms with E-state index in [-0.39, 0.29) is 5.63 Å². The first-order valence-electron chi connectivity index (χ1n) is 8.34. The molecule has 1 heterocycles. The molecule has 0 radical (unpaired) electrons. The Labute approximate surface area is 154 Å². The molecule has 0 saturated carbocycles. The van der Waals surface area contributed by atoms with Gasteiger partial charge in [-0.15, -0.1) is 0 Å². The number of fused-ring (bicyclic) bond motifs is 3. The molecular formula is C21H15ClO4. The third kappa shape index (κ3) is 3.28. The van der Waals surface area contributed by atoms with Crippen molar-refractivity contribution in [3.05, 3.63) is 80.7 Å². The van der Waals surface area contributed by atoms with Crippen LogP contribution in [-0.2, 0) is 17.6 Å². The molecule has 0 bridgehead atoms. The summed E-state index contributed by atoms with van der Waals surface area (Å²) >= 11 is 5.83. The van der Waals surface area contributed by atoms with E-state index in [1.54, 1.807) is 42.5 Å². The van der Waals surface area contributed by atoms with E-state index in [9.17, 15) is 9.59 Å². The number of rotatable bonds is 3. The van der Waals surface area contributed by atoms with Gasteiger partial charge in [0.2, 0.25) is 0 Å². The smallest absolute Gasteiger partial charge is 0.339 e. The standard InChI is InChI=1S/C21H15ClO4/c22-14-7-4-13(5-8-14)6-11-20(23)25-15-9-10-17-16-2-1-3-18(16)21(24)26-19(17)12-15/h4-12H,1-3H2/b11-6+. The average Bonchev–Trinajstić information content (AvgIpc) is 3.12. The van der Waals surface area contributed by atoms with Gasteiger partial charge in [0.05, 0.1) is 0 Å². The molecule has 5 heteroatoms. The van der Waals surface area contributed by atoms with Crippen molar-refractivity contribution < 1.29 is 13.9 Å². The highest BCUT2D eigenvalue weighted by atomic mass is 35.5. The number of halogens is 1. The van der Waals surface area contributed by atoms with Crippen LogP contribution in [-0.4, -0.2) is 5.97 Å². The second-order valence-electron chi connectivity index (χ2n) is 6.16. The molecule has 0 saturated heterocycles. The lowest BCUT2D eigenvalue weighted by atomic mass is 10.1. The molecular weight excluding hydrogens is 352 g/mol. The van der Waals surface area contributed by atoms with Gasteiger partial charge in [0.1, 0.15) is 11.3 Å². The van der Waals surface area contributed by atoms with E-state index >= 15 is 0 Å². The van der Waals surface area contributed by atoms with Crippen molar-refractivity contribution in [1.82, 2.24) is 0 Å². The highest BCUT2D eigenvalue weighted by molar-refractivity contribution is 6.30. The molecule has 0 N–H and O–H groups in total. The zero-order valence-corrected chi connectivity index (χ0v) is 14.6. The number of carbonyl (C=O) groups excluding carboxylic acids is 1. The molecule has 4 rings (SSSR count). The zero-order chi connectivity index (χ0) is 18.1. The molecule has 1 aliphatic rings. The van der Waals surface area contributed by atoms with Crippen molar-refractivity contribution in [3.63, 3.8) is 0 Å². The van der Waals surface area contributed by atoms with Crippen LogP contribution < -0.4 is 10.4 Å². The van der Waals surface area contributed by atoms with Crippen LogP contribution in [0.2, 0.25) is 5.02 Å². The summed E-state index contributed by atoms with van der Waals surface area (Å²) in [6, 6.07) is 12.2. The molecule has 26 heavy (non-hydrogen) atoms. The molecule has 0 aliphatic heterocycles. The van der Waals surface area contributed by atoms with E-state index in [1.807, 2.05) is 6.07 Å². The van der Waals surface area contributed by atoms with Crippen LogP contribution in [0.15, 0.2) is 57.8 Å². The molecule has 0 atom stereocenters. The number of aryl methyl sites for hydroxylation is 1. The molecule has 0 fully saturated rings. The summed E-state index contributed by atoms with van der Waals surface area (Å²) in [4.78, 5) is 24.1. The van der Waals surface area contributed by atoms with Gasteiger partial charge in [-0.05, 0) is 60.7 Å². The molecule has 0 amide bonds. The van der Waals surface area contributed by atoms with Crippen LogP contribution >= 0.6 is 11.6 Å². The average molecular weight is 367 g/mol. The largest absolute Gasteiger partial charge is 0.423 e. The van der Waals surface area contributed by atoms with Gasteiger partial charge < -0.3 is 9.15 Å². The van der Waals surface area contributed by atoms with E-state index in [4.69, 9.17) is 20.8 Å². The SMILES string of the molecule is O=C(/C=C/c1ccc(Cl)cc1)Oc1ccc2c3c(c(=O)oc2c1)CCC3. The molecule has 130 valence electrons. The second-order valence-corrected chi connectivity index (χ2v) is 6.60. The lowest BCUT2D eigenvalue weighted by Gasteiger charge is -2.06. The molecule has 2 aromatic carbocycles. The summed E-state index contributed by atoms with van der Waals surface area (Å²) in [5, 5.41) is 1.54. The van der Waals surface area contributed by atoms with Crippen LogP contribution in [0.5, 0.6) is 5.75 Å². The Kier molecular flexibility index (Phi) is 4.35. The fraction of sp³-hybridized carbons (Fsp3) is 0.143. The maximum Gasteiger partial charge on any atom is 0.339 e. The fourth-order valence-electron chi connectivity index (χ4n) is 3.22. The van der Waals surface area contributed by atoms with Crippen LogP contribution in [0, 0.1) is 0 Å². The Morgan fingerprint density at radius 2 is 1.85 bits per heavy atom. The second kappa shape index (κ2) is 6.81. The van der Waals surface area contributed by atoms with Gasteiger partial charge in [-0.3, -0.25) is 0 Å². The Balaban J connectivity index is 1.55. The summed E-state index contributed by atoms with van der Waals surface area (Å²) < 4.78 is 10.7. The summed E-state index contributed by atoms with van der Waals surface area (Å²) in [5.41, 5.74) is 2.81.